The Labute approximate surface area is 95.0 Å². The van der Waals surface area contributed by atoms with E-state index < -0.39 is 12.4 Å². The minimum atomic E-state index is -0.579. The van der Waals surface area contributed by atoms with E-state index in [0.717, 1.165) is 5.75 Å². The number of thioether (sulfide) groups is 1. The normalized spacial score (nSPS) is 36.8. The predicted octanol–water partition coefficient (Wildman–Crippen LogP) is 0.470. The molecule has 0 spiro atoms. The first kappa shape index (κ1) is 13.3. The summed E-state index contributed by atoms with van der Waals surface area (Å²) in [5, 5.41) is 18.8. The molecule has 1 fully saturated rings. The number of hydrogen-bond donors (Lipinski definition) is 2. The third-order valence-electron chi connectivity index (χ3n) is 2.62. The number of rotatable bonds is 5. The molecule has 90 valence electrons. The van der Waals surface area contributed by atoms with Gasteiger partial charge in [0.25, 0.3) is 0 Å². The van der Waals surface area contributed by atoms with E-state index in [-0.39, 0.29) is 18.6 Å². The minimum absolute atomic E-state index is 0.0176. The van der Waals surface area contributed by atoms with Crippen molar-refractivity contribution in [2.24, 2.45) is 5.92 Å². The molecule has 2 N–H and O–H groups in total. The number of aliphatic hydroxyl groups excluding tert-OH is 2. The summed E-state index contributed by atoms with van der Waals surface area (Å²) in [7, 11) is 0. The Hall–Kier alpha value is 0.190. The van der Waals surface area contributed by atoms with E-state index in [1.54, 1.807) is 11.8 Å². The fourth-order valence-corrected chi connectivity index (χ4v) is 1.92. The highest BCUT2D eigenvalue weighted by Gasteiger charge is 2.34. The smallest absolute Gasteiger partial charge is 0.183 e. The van der Waals surface area contributed by atoms with Gasteiger partial charge < -0.3 is 19.7 Å². The van der Waals surface area contributed by atoms with Crippen LogP contribution in [0.2, 0.25) is 0 Å². The average Bonchev–Trinajstić information content (AvgIpc) is 2.21. The van der Waals surface area contributed by atoms with E-state index in [2.05, 4.69) is 0 Å². The summed E-state index contributed by atoms with van der Waals surface area (Å²) < 4.78 is 10.9. The molecule has 1 saturated heterocycles. The lowest BCUT2D eigenvalue weighted by molar-refractivity contribution is -0.256. The molecule has 4 atom stereocenters. The molecule has 0 radical (unpaired) electrons. The molecule has 0 aliphatic carbocycles. The van der Waals surface area contributed by atoms with Crippen LogP contribution in [-0.4, -0.2) is 53.9 Å². The molecule has 1 aliphatic rings. The average molecular weight is 236 g/mol. The molecule has 4 unspecified atom stereocenters. The zero-order valence-corrected chi connectivity index (χ0v) is 10.1. The second-order valence-electron chi connectivity index (χ2n) is 3.87. The Morgan fingerprint density at radius 3 is 2.87 bits per heavy atom. The summed E-state index contributed by atoms with van der Waals surface area (Å²) in [5.41, 5.74) is 0. The third kappa shape index (κ3) is 3.92. The third-order valence-corrected chi connectivity index (χ3v) is 3.20. The zero-order chi connectivity index (χ0) is 11.3. The van der Waals surface area contributed by atoms with Gasteiger partial charge in [0.05, 0.1) is 19.3 Å². The van der Waals surface area contributed by atoms with E-state index >= 15 is 0 Å². The molecule has 0 aromatic heterocycles. The van der Waals surface area contributed by atoms with Crippen LogP contribution in [0.5, 0.6) is 0 Å². The van der Waals surface area contributed by atoms with Crippen LogP contribution in [0, 0.1) is 5.92 Å². The van der Waals surface area contributed by atoms with Crippen molar-refractivity contribution >= 4 is 11.8 Å². The highest BCUT2D eigenvalue weighted by molar-refractivity contribution is 7.98. The van der Waals surface area contributed by atoms with Crippen molar-refractivity contribution in [1.29, 1.82) is 0 Å². The summed E-state index contributed by atoms with van der Waals surface area (Å²) in [4.78, 5) is 0. The molecule has 0 aromatic rings. The quantitative estimate of drug-likeness (QED) is 0.680. The Balaban J connectivity index is 2.35. The molecule has 0 amide bonds. The van der Waals surface area contributed by atoms with Crippen molar-refractivity contribution in [3.8, 4) is 0 Å². The predicted molar refractivity (Wildman–Crippen MR) is 59.9 cm³/mol. The highest BCUT2D eigenvalue weighted by atomic mass is 32.2. The maximum absolute atomic E-state index is 9.71. The van der Waals surface area contributed by atoms with Gasteiger partial charge in [0, 0.05) is 5.75 Å². The lowest BCUT2D eigenvalue weighted by Crippen LogP contribution is -2.46. The van der Waals surface area contributed by atoms with Crippen LogP contribution in [0.25, 0.3) is 0 Å². The molecule has 1 aliphatic heterocycles. The van der Waals surface area contributed by atoms with Gasteiger partial charge in [0.2, 0.25) is 0 Å². The van der Waals surface area contributed by atoms with Crippen molar-refractivity contribution in [3.05, 3.63) is 0 Å². The second-order valence-corrected chi connectivity index (χ2v) is 4.86. The Morgan fingerprint density at radius 1 is 1.53 bits per heavy atom. The van der Waals surface area contributed by atoms with Gasteiger partial charge in [0.15, 0.2) is 6.29 Å². The molecule has 0 saturated carbocycles. The van der Waals surface area contributed by atoms with Crippen LogP contribution < -0.4 is 0 Å². The van der Waals surface area contributed by atoms with Crippen LogP contribution in [0.3, 0.4) is 0 Å². The van der Waals surface area contributed by atoms with Crippen LogP contribution in [0.4, 0.5) is 0 Å². The minimum Gasteiger partial charge on any atom is -0.394 e. The summed E-state index contributed by atoms with van der Waals surface area (Å²) in [5.74, 6) is 1.05. The van der Waals surface area contributed by atoms with E-state index in [1.807, 2.05) is 13.2 Å². The first-order valence-electron chi connectivity index (χ1n) is 5.24. The zero-order valence-electron chi connectivity index (χ0n) is 9.26. The van der Waals surface area contributed by atoms with Gasteiger partial charge in [-0.3, -0.25) is 0 Å². The van der Waals surface area contributed by atoms with Gasteiger partial charge in [-0.25, -0.2) is 0 Å². The molecular formula is C10H20O4S. The number of hydrogen-bond acceptors (Lipinski definition) is 5. The first-order chi connectivity index (χ1) is 7.19. The Bertz CT molecular complexity index is 179. The number of aliphatic hydroxyl groups is 2. The van der Waals surface area contributed by atoms with Crippen molar-refractivity contribution in [1.82, 2.24) is 0 Å². The molecule has 0 bridgehead atoms. The van der Waals surface area contributed by atoms with Crippen molar-refractivity contribution < 1.29 is 19.7 Å². The summed E-state index contributed by atoms with van der Waals surface area (Å²) in [6.07, 6.45) is 1.25. The SMILES string of the molecule is CSCCOC1OC(CO)C(C)CC1O. The Kier molecular flexibility index (Phi) is 5.92. The van der Waals surface area contributed by atoms with Crippen molar-refractivity contribution in [2.45, 2.75) is 31.8 Å². The van der Waals surface area contributed by atoms with Gasteiger partial charge in [-0.1, -0.05) is 6.92 Å². The molecule has 4 nitrogen and oxygen atoms in total. The lowest BCUT2D eigenvalue weighted by atomic mass is 9.94. The van der Waals surface area contributed by atoms with Crippen LogP contribution in [0.15, 0.2) is 0 Å². The fourth-order valence-electron chi connectivity index (χ4n) is 1.66. The molecule has 15 heavy (non-hydrogen) atoms. The lowest BCUT2D eigenvalue weighted by Gasteiger charge is -2.37. The van der Waals surface area contributed by atoms with Gasteiger partial charge in [-0.15, -0.1) is 0 Å². The summed E-state index contributed by atoms with van der Waals surface area (Å²) in [6, 6.07) is 0. The van der Waals surface area contributed by atoms with Crippen LogP contribution in [0.1, 0.15) is 13.3 Å². The maximum Gasteiger partial charge on any atom is 0.183 e. The van der Waals surface area contributed by atoms with E-state index in [1.165, 1.54) is 0 Å². The molecular weight excluding hydrogens is 216 g/mol. The van der Waals surface area contributed by atoms with Gasteiger partial charge >= 0.3 is 0 Å². The molecule has 1 rings (SSSR count). The van der Waals surface area contributed by atoms with E-state index in [4.69, 9.17) is 14.6 Å². The van der Waals surface area contributed by atoms with E-state index in [9.17, 15) is 5.11 Å². The summed E-state index contributed by atoms with van der Waals surface area (Å²) >= 11 is 1.69. The molecule has 0 aromatic carbocycles. The largest absolute Gasteiger partial charge is 0.394 e. The van der Waals surface area contributed by atoms with E-state index in [0.29, 0.717) is 13.0 Å². The van der Waals surface area contributed by atoms with Crippen LogP contribution >= 0.6 is 11.8 Å². The second kappa shape index (κ2) is 6.70. The van der Waals surface area contributed by atoms with Crippen LogP contribution in [-0.2, 0) is 9.47 Å². The van der Waals surface area contributed by atoms with Gasteiger partial charge in [-0.2, -0.15) is 11.8 Å². The highest BCUT2D eigenvalue weighted by Crippen LogP contribution is 2.25. The maximum atomic E-state index is 9.71. The first-order valence-corrected chi connectivity index (χ1v) is 6.63. The van der Waals surface area contributed by atoms with Crippen molar-refractivity contribution in [2.75, 3.05) is 25.2 Å². The topological polar surface area (TPSA) is 58.9 Å². The fraction of sp³-hybridized carbons (Fsp3) is 1.00. The van der Waals surface area contributed by atoms with Crippen molar-refractivity contribution in [3.63, 3.8) is 0 Å². The summed E-state index contributed by atoms with van der Waals surface area (Å²) in [6.45, 7) is 2.51. The standard InChI is InChI=1S/C10H20O4S/c1-7-5-8(12)10(13-3-4-15-2)14-9(7)6-11/h7-12H,3-6H2,1-2H3. The molecule has 5 heteroatoms. The van der Waals surface area contributed by atoms with Gasteiger partial charge in [-0.05, 0) is 18.6 Å². The Morgan fingerprint density at radius 2 is 2.27 bits per heavy atom. The number of ether oxygens (including phenoxy) is 2. The molecule has 1 heterocycles. The monoisotopic (exact) mass is 236 g/mol. The van der Waals surface area contributed by atoms with Gasteiger partial charge in [0.1, 0.15) is 6.10 Å².